The molecule has 33 heavy (non-hydrogen) atoms. The third-order valence-corrected chi connectivity index (χ3v) is 6.42. The molecule has 1 aliphatic heterocycles. The van der Waals surface area contributed by atoms with E-state index in [0.717, 1.165) is 52.8 Å². The van der Waals surface area contributed by atoms with Gasteiger partial charge in [0.2, 0.25) is 0 Å². The largest absolute Gasteiger partial charge is 0.481 e. The Balaban J connectivity index is 1.39. The number of aryl methyl sites for hydroxylation is 1. The van der Waals surface area contributed by atoms with Gasteiger partial charge in [-0.05, 0) is 48.2 Å². The standard InChI is InChI=1S/C25H25N5O3/c1-29-23-12-17(19-13-26-27-14-19)6-9-21(23)28-22(24(29)31)11-16-4-7-20(8-5-16)30-10-2-3-18(15-30)25(32)33/h4-9,12-14,18H,2-3,10-11,15H2,1H3,(H,26,27)(H,32,33). The van der Waals surface area contributed by atoms with Gasteiger partial charge in [-0.3, -0.25) is 14.7 Å². The zero-order valence-corrected chi connectivity index (χ0v) is 18.4. The van der Waals surface area contributed by atoms with Crippen molar-refractivity contribution in [3.8, 4) is 11.1 Å². The summed E-state index contributed by atoms with van der Waals surface area (Å²) in [5.74, 6) is -1.05. The quantitative estimate of drug-likeness (QED) is 0.491. The smallest absolute Gasteiger partial charge is 0.308 e. The molecule has 0 bridgehead atoms. The molecule has 1 unspecified atom stereocenters. The lowest BCUT2D eigenvalue weighted by molar-refractivity contribution is -0.141. The van der Waals surface area contributed by atoms with E-state index in [1.165, 1.54) is 0 Å². The minimum absolute atomic E-state index is 0.115. The normalized spacial score (nSPS) is 16.3. The Morgan fingerprint density at radius 3 is 2.73 bits per heavy atom. The van der Waals surface area contributed by atoms with Gasteiger partial charge < -0.3 is 14.6 Å². The van der Waals surface area contributed by atoms with Crippen LogP contribution in [0.3, 0.4) is 0 Å². The van der Waals surface area contributed by atoms with Crippen molar-refractivity contribution in [2.45, 2.75) is 19.3 Å². The second-order valence-corrected chi connectivity index (χ2v) is 8.58. The average molecular weight is 444 g/mol. The number of aliphatic carboxylic acids is 1. The van der Waals surface area contributed by atoms with Gasteiger partial charge in [0, 0.05) is 44.0 Å². The fourth-order valence-electron chi connectivity index (χ4n) is 4.52. The number of fused-ring (bicyclic) bond motifs is 1. The maximum atomic E-state index is 13.0. The number of rotatable bonds is 5. The van der Waals surface area contributed by atoms with E-state index in [4.69, 9.17) is 0 Å². The molecule has 2 N–H and O–H groups in total. The molecule has 0 spiro atoms. The van der Waals surface area contributed by atoms with Gasteiger partial charge in [-0.15, -0.1) is 0 Å². The summed E-state index contributed by atoms with van der Waals surface area (Å²) >= 11 is 0. The number of aromatic nitrogens is 4. The number of anilines is 1. The number of hydrogen-bond acceptors (Lipinski definition) is 5. The maximum Gasteiger partial charge on any atom is 0.308 e. The van der Waals surface area contributed by atoms with Crippen LogP contribution in [0.4, 0.5) is 5.69 Å². The molecule has 0 radical (unpaired) electrons. The number of carbonyl (C=O) groups is 1. The highest BCUT2D eigenvalue weighted by Gasteiger charge is 2.25. The lowest BCUT2D eigenvalue weighted by Gasteiger charge is -2.32. The first-order valence-electron chi connectivity index (χ1n) is 11.0. The first kappa shape index (κ1) is 20.9. The molecule has 1 atom stereocenters. The third kappa shape index (κ3) is 4.11. The fraction of sp³-hybridized carbons (Fsp3) is 0.280. The molecule has 1 saturated heterocycles. The van der Waals surface area contributed by atoms with Crippen LogP contribution in [0.25, 0.3) is 22.2 Å². The highest BCUT2D eigenvalue weighted by atomic mass is 16.4. The molecule has 3 heterocycles. The number of carboxylic acid groups (broad SMARTS) is 1. The SMILES string of the molecule is Cn1c(=O)c(Cc2ccc(N3CCCC(C(=O)O)C3)cc2)nc2ccc(-c3cn[nH]c3)cc21. The number of piperidine rings is 1. The van der Waals surface area contributed by atoms with Crippen LogP contribution in [0.2, 0.25) is 0 Å². The summed E-state index contributed by atoms with van der Waals surface area (Å²) in [4.78, 5) is 31.2. The molecule has 0 aliphatic carbocycles. The number of carboxylic acids is 1. The van der Waals surface area contributed by atoms with Crippen molar-refractivity contribution in [2.24, 2.45) is 13.0 Å². The van der Waals surface area contributed by atoms with Gasteiger partial charge in [-0.25, -0.2) is 4.98 Å². The Kier molecular flexibility index (Phi) is 5.42. The van der Waals surface area contributed by atoms with Crippen LogP contribution in [0, 0.1) is 5.92 Å². The average Bonchev–Trinajstić information content (AvgIpc) is 3.38. The summed E-state index contributed by atoms with van der Waals surface area (Å²) in [6.07, 6.45) is 5.60. The number of H-pyrrole nitrogens is 1. The van der Waals surface area contributed by atoms with E-state index in [2.05, 4.69) is 20.1 Å². The highest BCUT2D eigenvalue weighted by molar-refractivity contribution is 5.81. The van der Waals surface area contributed by atoms with Crippen molar-refractivity contribution >= 4 is 22.7 Å². The molecule has 0 amide bonds. The van der Waals surface area contributed by atoms with Crippen molar-refractivity contribution in [1.29, 1.82) is 0 Å². The molecule has 2 aromatic carbocycles. The van der Waals surface area contributed by atoms with E-state index in [0.29, 0.717) is 18.7 Å². The summed E-state index contributed by atoms with van der Waals surface area (Å²) in [5.41, 5.74) is 5.85. The van der Waals surface area contributed by atoms with Gasteiger partial charge in [0.15, 0.2) is 0 Å². The molecular formula is C25H25N5O3. The summed E-state index contributed by atoms with van der Waals surface area (Å²) in [6, 6.07) is 13.9. The lowest BCUT2D eigenvalue weighted by atomic mass is 9.97. The molecular weight excluding hydrogens is 418 g/mol. The number of hydrogen-bond donors (Lipinski definition) is 2. The zero-order valence-electron chi connectivity index (χ0n) is 18.4. The second kappa shape index (κ2) is 8.54. The monoisotopic (exact) mass is 443 g/mol. The van der Waals surface area contributed by atoms with E-state index >= 15 is 0 Å². The first-order valence-corrected chi connectivity index (χ1v) is 11.0. The van der Waals surface area contributed by atoms with Crippen molar-refractivity contribution < 1.29 is 9.90 Å². The zero-order chi connectivity index (χ0) is 22.9. The van der Waals surface area contributed by atoms with Gasteiger partial charge >= 0.3 is 5.97 Å². The number of benzene rings is 2. The molecule has 1 fully saturated rings. The topological polar surface area (TPSA) is 104 Å². The third-order valence-electron chi connectivity index (χ3n) is 6.42. The van der Waals surface area contributed by atoms with Crippen LogP contribution in [-0.4, -0.2) is 43.9 Å². The van der Waals surface area contributed by atoms with Crippen molar-refractivity contribution in [3.63, 3.8) is 0 Å². The van der Waals surface area contributed by atoms with Gasteiger partial charge in [0.05, 0.1) is 23.1 Å². The highest BCUT2D eigenvalue weighted by Crippen LogP contribution is 2.25. The summed E-state index contributed by atoms with van der Waals surface area (Å²) in [6.45, 7) is 1.39. The predicted molar refractivity (Wildman–Crippen MR) is 126 cm³/mol. The van der Waals surface area contributed by atoms with Gasteiger partial charge in [0.1, 0.15) is 5.69 Å². The van der Waals surface area contributed by atoms with Crippen LogP contribution in [0.5, 0.6) is 0 Å². The van der Waals surface area contributed by atoms with E-state index in [1.807, 2.05) is 48.7 Å². The minimum Gasteiger partial charge on any atom is -0.481 e. The Labute approximate surface area is 190 Å². The van der Waals surface area contributed by atoms with Crippen LogP contribution in [-0.2, 0) is 18.3 Å². The second-order valence-electron chi connectivity index (χ2n) is 8.58. The molecule has 8 heteroatoms. The van der Waals surface area contributed by atoms with Crippen molar-refractivity contribution in [3.05, 3.63) is 76.5 Å². The van der Waals surface area contributed by atoms with E-state index in [9.17, 15) is 14.7 Å². The first-order chi connectivity index (χ1) is 16.0. The lowest BCUT2D eigenvalue weighted by Crippen LogP contribution is -2.38. The predicted octanol–water partition coefficient (Wildman–Crippen LogP) is 3.22. The minimum atomic E-state index is -0.730. The number of nitrogens with zero attached hydrogens (tertiary/aromatic N) is 4. The Morgan fingerprint density at radius 2 is 2.00 bits per heavy atom. The Hall–Kier alpha value is -3.94. The van der Waals surface area contributed by atoms with Gasteiger partial charge in [0.25, 0.3) is 5.56 Å². The molecule has 2 aromatic heterocycles. The fourth-order valence-corrected chi connectivity index (χ4v) is 4.52. The van der Waals surface area contributed by atoms with Crippen LogP contribution >= 0.6 is 0 Å². The molecule has 4 aromatic rings. The molecule has 8 nitrogen and oxygen atoms in total. The number of nitrogens with one attached hydrogen (secondary N) is 1. The molecule has 0 saturated carbocycles. The summed E-state index contributed by atoms with van der Waals surface area (Å²) < 4.78 is 1.65. The summed E-state index contributed by atoms with van der Waals surface area (Å²) in [5, 5.41) is 16.1. The van der Waals surface area contributed by atoms with E-state index < -0.39 is 5.97 Å². The summed E-state index contributed by atoms with van der Waals surface area (Å²) in [7, 11) is 1.77. The van der Waals surface area contributed by atoms with Crippen LogP contribution < -0.4 is 10.5 Å². The molecule has 5 rings (SSSR count). The molecule has 168 valence electrons. The van der Waals surface area contributed by atoms with Crippen LogP contribution in [0.15, 0.2) is 59.7 Å². The van der Waals surface area contributed by atoms with Crippen molar-refractivity contribution in [2.75, 3.05) is 18.0 Å². The Bertz CT molecular complexity index is 1360. The van der Waals surface area contributed by atoms with E-state index in [1.54, 1.807) is 17.8 Å². The van der Waals surface area contributed by atoms with Crippen LogP contribution in [0.1, 0.15) is 24.1 Å². The van der Waals surface area contributed by atoms with E-state index in [-0.39, 0.29) is 11.5 Å². The molecule has 1 aliphatic rings. The van der Waals surface area contributed by atoms with Crippen molar-refractivity contribution in [1.82, 2.24) is 19.7 Å². The van der Waals surface area contributed by atoms with Gasteiger partial charge in [-0.1, -0.05) is 18.2 Å². The van der Waals surface area contributed by atoms with Gasteiger partial charge in [-0.2, -0.15) is 5.10 Å². The number of aromatic amines is 1. The maximum absolute atomic E-state index is 13.0. The Morgan fingerprint density at radius 1 is 1.18 bits per heavy atom.